The van der Waals surface area contributed by atoms with Gasteiger partial charge in [-0.1, -0.05) is 24.3 Å². The second kappa shape index (κ2) is 3.88. The Bertz CT molecular complexity index is 474. The first kappa shape index (κ1) is 10.8. The Morgan fingerprint density at radius 3 is 2.94 bits per heavy atom. The Morgan fingerprint density at radius 2 is 2.18 bits per heavy atom. The van der Waals surface area contributed by atoms with Crippen LogP contribution in [0.25, 0.3) is 5.57 Å². The van der Waals surface area contributed by atoms with Crippen LogP contribution in [-0.4, -0.2) is 18.7 Å². The molecule has 0 aromatic heterocycles. The molecule has 1 N–H and O–H groups in total. The molecule has 1 aromatic rings. The average molecular weight is 229 g/mol. The molecule has 90 valence electrons. The van der Waals surface area contributed by atoms with Gasteiger partial charge >= 0.3 is 0 Å². The minimum atomic E-state index is -0.0497. The van der Waals surface area contributed by atoms with E-state index in [0.29, 0.717) is 0 Å². The molecule has 0 atom stereocenters. The predicted octanol–water partition coefficient (Wildman–Crippen LogP) is 2.78. The number of fused-ring (bicyclic) bond motifs is 1. The van der Waals surface area contributed by atoms with E-state index in [2.05, 4.69) is 43.4 Å². The number of hydrogen-bond acceptors (Lipinski definition) is 2. The molecule has 1 aromatic carbocycles. The zero-order valence-corrected chi connectivity index (χ0v) is 10.5. The molecular weight excluding hydrogens is 210 g/mol. The third kappa shape index (κ3) is 1.98. The summed E-state index contributed by atoms with van der Waals surface area (Å²) in [6, 6.07) is 6.54. The van der Waals surface area contributed by atoms with Crippen molar-refractivity contribution < 1.29 is 4.74 Å². The lowest BCUT2D eigenvalue weighted by atomic mass is 9.95. The first-order valence-electron chi connectivity index (χ1n) is 6.37. The molecule has 0 fully saturated rings. The van der Waals surface area contributed by atoms with Crippen LogP contribution in [0.4, 0.5) is 0 Å². The molecule has 0 saturated carbocycles. The minimum absolute atomic E-state index is 0.0497. The lowest BCUT2D eigenvalue weighted by molar-refractivity contribution is 0.138. The molecule has 0 aliphatic carbocycles. The fourth-order valence-corrected chi connectivity index (χ4v) is 2.74. The van der Waals surface area contributed by atoms with E-state index in [1.165, 1.54) is 16.7 Å². The maximum absolute atomic E-state index is 6.12. The summed E-state index contributed by atoms with van der Waals surface area (Å²) in [5.74, 6) is 1.12. The molecule has 0 unspecified atom stereocenters. The summed E-state index contributed by atoms with van der Waals surface area (Å²) in [5, 5.41) is 3.35. The van der Waals surface area contributed by atoms with Gasteiger partial charge in [-0.25, -0.2) is 0 Å². The molecule has 0 radical (unpaired) electrons. The van der Waals surface area contributed by atoms with Crippen LogP contribution in [0.3, 0.4) is 0 Å². The van der Waals surface area contributed by atoms with Gasteiger partial charge in [0.15, 0.2) is 0 Å². The summed E-state index contributed by atoms with van der Waals surface area (Å²) >= 11 is 0. The van der Waals surface area contributed by atoms with Crippen molar-refractivity contribution in [1.82, 2.24) is 5.32 Å². The van der Waals surface area contributed by atoms with Crippen LogP contribution in [-0.2, 0) is 6.42 Å². The van der Waals surface area contributed by atoms with E-state index in [4.69, 9.17) is 4.74 Å². The highest BCUT2D eigenvalue weighted by molar-refractivity contribution is 5.73. The molecule has 0 amide bonds. The van der Waals surface area contributed by atoms with Gasteiger partial charge in [-0.2, -0.15) is 0 Å². The second-order valence-electron chi connectivity index (χ2n) is 5.52. The van der Waals surface area contributed by atoms with Crippen molar-refractivity contribution in [3.05, 3.63) is 35.4 Å². The Labute approximate surface area is 103 Å². The topological polar surface area (TPSA) is 21.3 Å². The summed E-state index contributed by atoms with van der Waals surface area (Å²) in [5.41, 5.74) is 4.03. The van der Waals surface area contributed by atoms with Gasteiger partial charge in [-0.15, -0.1) is 0 Å². The molecule has 2 heterocycles. The van der Waals surface area contributed by atoms with Crippen molar-refractivity contribution in [3.63, 3.8) is 0 Å². The predicted molar refractivity (Wildman–Crippen MR) is 70.3 cm³/mol. The van der Waals surface area contributed by atoms with Crippen LogP contribution in [0.15, 0.2) is 24.3 Å². The average Bonchev–Trinajstić information content (AvgIpc) is 2.63. The fraction of sp³-hybridized carbons (Fsp3) is 0.467. The molecule has 2 heteroatoms. The molecule has 17 heavy (non-hydrogen) atoms. The molecule has 3 rings (SSSR count). The number of ether oxygens (including phenoxy) is 1. The Hall–Kier alpha value is -1.28. The van der Waals surface area contributed by atoms with E-state index in [1.54, 1.807) is 0 Å². The van der Waals surface area contributed by atoms with Gasteiger partial charge in [0, 0.05) is 18.5 Å². The first-order valence-corrected chi connectivity index (χ1v) is 6.37. The third-order valence-corrected chi connectivity index (χ3v) is 3.50. The zero-order chi connectivity index (χ0) is 11.9. The largest absolute Gasteiger partial charge is 0.487 e. The van der Waals surface area contributed by atoms with E-state index >= 15 is 0 Å². The van der Waals surface area contributed by atoms with Gasteiger partial charge in [0.25, 0.3) is 0 Å². The lowest BCUT2D eigenvalue weighted by Gasteiger charge is -2.20. The summed E-state index contributed by atoms with van der Waals surface area (Å²) in [7, 11) is 0. The van der Waals surface area contributed by atoms with Gasteiger partial charge in [0.1, 0.15) is 11.4 Å². The molecule has 2 aliphatic heterocycles. The van der Waals surface area contributed by atoms with Crippen molar-refractivity contribution in [2.75, 3.05) is 13.1 Å². The van der Waals surface area contributed by atoms with E-state index in [-0.39, 0.29) is 5.60 Å². The maximum Gasteiger partial charge on any atom is 0.130 e. The van der Waals surface area contributed by atoms with Crippen LogP contribution >= 0.6 is 0 Å². The molecule has 2 aliphatic rings. The van der Waals surface area contributed by atoms with Gasteiger partial charge in [-0.3, -0.25) is 0 Å². The molecule has 0 saturated heterocycles. The van der Waals surface area contributed by atoms with E-state index in [0.717, 1.165) is 31.7 Å². The Morgan fingerprint density at radius 1 is 1.29 bits per heavy atom. The minimum Gasteiger partial charge on any atom is -0.487 e. The van der Waals surface area contributed by atoms with Crippen molar-refractivity contribution in [2.45, 2.75) is 32.3 Å². The van der Waals surface area contributed by atoms with Crippen molar-refractivity contribution in [2.24, 2.45) is 0 Å². The van der Waals surface area contributed by atoms with Crippen LogP contribution in [0.5, 0.6) is 5.75 Å². The highest BCUT2D eigenvalue weighted by Crippen LogP contribution is 2.41. The first-order chi connectivity index (χ1) is 8.16. The van der Waals surface area contributed by atoms with Crippen molar-refractivity contribution in [3.8, 4) is 5.75 Å². The standard InChI is InChI=1S/C15H19NO/c1-15(2)10-12-4-3-5-13(14(12)17-15)11-6-8-16-9-7-11/h3-6,16H,7-10H2,1-2H3. The fourth-order valence-electron chi connectivity index (χ4n) is 2.74. The SMILES string of the molecule is CC1(C)Cc2cccc(C3=CCNCC3)c2O1. The number of rotatable bonds is 1. The van der Waals surface area contributed by atoms with Crippen LogP contribution in [0.1, 0.15) is 31.4 Å². The lowest BCUT2D eigenvalue weighted by Crippen LogP contribution is -2.25. The maximum atomic E-state index is 6.12. The van der Waals surface area contributed by atoms with Crippen molar-refractivity contribution >= 4 is 5.57 Å². The van der Waals surface area contributed by atoms with Crippen LogP contribution in [0.2, 0.25) is 0 Å². The number of para-hydroxylation sites is 1. The number of hydrogen-bond donors (Lipinski definition) is 1. The van der Waals surface area contributed by atoms with Crippen LogP contribution < -0.4 is 10.1 Å². The summed E-state index contributed by atoms with van der Waals surface area (Å²) < 4.78 is 6.12. The van der Waals surface area contributed by atoms with Crippen molar-refractivity contribution in [1.29, 1.82) is 0 Å². The van der Waals surface area contributed by atoms with E-state index < -0.39 is 0 Å². The van der Waals surface area contributed by atoms with Gasteiger partial charge in [-0.05, 0) is 37.9 Å². The monoisotopic (exact) mass is 229 g/mol. The summed E-state index contributed by atoms with van der Waals surface area (Å²) in [6.07, 6.45) is 4.40. The highest BCUT2D eigenvalue weighted by Gasteiger charge is 2.32. The van der Waals surface area contributed by atoms with E-state index in [9.17, 15) is 0 Å². The second-order valence-corrected chi connectivity index (χ2v) is 5.52. The Balaban J connectivity index is 2.03. The summed E-state index contributed by atoms with van der Waals surface area (Å²) in [4.78, 5) is 0. The molecule has 0 spiro atoms. The molecule has 0 bridgehead atoms. The highest BCUT2D eigenvalue weighted by atomic mass is 16.5. The molecule has 2 nitrogen and oxygen atoms in total. The van der Waals surface area contributed by atoms with Gasteiger partial charge in [0.05, 0.1) is 0 Å². The van der Waals surface area contributed by atoms with Gasteiger partial charge in [0.2, 0.25) is 0 Å². The zero-order valence-electron chi connectivity index (χ0n) is 10.5. The normalized spacial score (nSPS) is 21.6. The van der Waals surface area contributed by atoms with Gasteiger partial charge < -0.3 is 10.1 Å². The third-order valence-electron chi connectivity index (χ3n) is 3.50. The quantitative estimate of drug-likeness (QED) is 0.799. The smallest absolute Gasteiger partial charge is 0.130 e. The van der Waals surface area contributed by atoms with Crippen LogP contribution in [0, 0.1) is 0 Å². The summed E-state index contributed by atoms with van der Waals surface area (Å²) in [6.45, 7) is 6.36. The Kier molecular flexibility index (Phi) is 2.48. The van der Waals surface area contributed by atoms with E-state index in [1.807, 2.05) is 0 Å². The number of benzene rings is 1. The number of nitrogens with one attached hydrogen (secondary N) is 1. The molecular formula is C15H19NO.